The van der Waals surface area contributed by atoms with Crippen molar-refractivity contribution < 1.29 is 14.3 Å². The number of hydrogen-bond acceptors (Lipinski definition) is 5. The summed E-state index contributed by atoms with van der Waals surface area (Å²) in [6, 6.07) is 17.7. The first-order chi connectivity index (χ1) is 15.1. The molecule has 7 heteroatoms. The highest BCUT2D eigenvalue weighted by atomic mass is 35.5. The topological polar surface area (TPSA) is 71.5 Å². The lowest BCUT2D eigenvalue weighted by Gasteiger charge is -2.16. The van der Waals surface area contributed by atoms with E-state index in [2.05, 4.69) is 10.3 Å². The fourth-order valence-electron chi connectivity index (χ4n) is 3.38. The Morgan fingerprint density at radius 3 is 2.48 bits per heavy atom. The monoisotopic (exact) mass is 433 g/mol. The first kappa shape index (κ1) is 20.6. The zero-order chi connectivity index (χ0) is 21.8. The fraction of sp³-hybridized carbons (Fsp3) is 0.125. The number of amides is 2. The lowest BCUT2D eigenvalue weighted by molar-refractivity contribution is -0.137. The summed E-state index contributed by atoms with van der Waals surface area (Å²) in [5, 5.41) is 3.69. The molecule has 0 unspecified atom stereocenters. The maximum absolute atomic E-state index is 13.3. The molecule has 156 valence electrons. The van der Waals surface area contributed by atoms with Crippen molar-refractivity contribution in [2.45, 2.75) is 13.5 Å². The molecular weight excluding hydrogens is 414 g/mol. The van der Waals surface area contributed by atoms with Crippen LogP contribution in [0.25, 0.3) is 5.57 Å². The fourth-order valence-corrected chi connectivity index (χ4v) is 3.51. The normalized spacial score (nSPS) is 13.7. The molecule has 0 radical (unpaired) electrons. The molecule has 0 fully saturated rings. The molecule has 4 rings (SSSR count). The molecule has 1 aliphatic rings. The summed E-state index contributed by atoms with van der Waals surface area (Å²) in [5.41, 5.74) is 2.46. The van der Waals surface area contributed by atoms with Crippen LogP contribution < -0.4 is 10.1 Å². The molecule has 3 aromatic rings. The van der Waals surface area contributed by atoms with E-state index in [1.54, 1.807) is 48.8 Å². The van der Waals surface area contributed by atoms with Gasteiger partial charge in [-0.2, -0.15) is 0 Å². The third kappa shape index (κ3) is 4.29. The van der Waals surface area contributed by atoms with E-state index in [9.17, 15) is 9.59 Å². The highest BCUT2D eigenvalue weighted by molar-refractivity contribution is 6.36. The third-order valence-corrected chi connectivity index (χ3v) is 5.06. The number of rotatable bonds is 7. The molecule has 0 spiro atoms. The molecule has 31 heavy (non-hydrogen) atoms. The second-order valence-electron chi connectivity index (χ2n) is 6.87. The number of nitrogens with one attached hydrogen (secondary N) is 1. The molecule has 0 saturated carbocycles. The van der Waals surface area contributed by atoms with Gasteiger partial charge >= 0.3 is 0 Å². The molecule has 6 nitrogen and oxygen atoms in total. The Kier molecular flexibility index (Phi) is 6.00. The van der Waals surface area contributed by atoms with Crippen LogP contribution >= 0.6 is 11.6 Å². The number of para-hydroxylation sites is 2. The Bertz CT molecular complexity index is 1140. The van der Waals surface area contributed by atoms with Crippen LogP contribution in [0.2, 0.25) is 5.02 Å². The zero-order valence-corrected chi connectivity index (χ0v) is 17.6. The number of carbonyl (C=O) groups is 2. The number of aromatic nitrogens is 1. The van der Waals surface area contributed by atoms with Crippen molar-refractivity contribution in [3.63, 3.8) is 0 Å². The molecule has 0 bridgehead atoms. The van der Waals surface area contributed by atoms with Gasteiger partial charge in [-0.05, 0) is 48.4 Å². The largest absolute Gasteiger partial charge is 0.492 e. The van der Waals surface area contributed by atoms with Gasteiger partial charge in [-0.15, -0.1) is 0 Å². The van der Waals surface area contributed by atoms with E-state index < -0.39 is 5.91 Å². The molecule has 0 aliphatic carbocycles. The van der Waals surface area contributed by atoms with E-state index in [1.165, 1.54) is 4.90 Å². The van der Waals surface area contributed by atoms with Crippen LogP contribution in [0, 0.1) is 0 Å². The highest BCUT2D eigenvalue weighted by Crippen LogP contribution is 2.34. The summed E-state index contributed by atoms with van der Waals surface area (Å²) in [5.74, 6) is -0.198. The maximum Gasteiger partial charge on any atom is 0.278 e. The summed E-state index contributed by atoms with van der Waals surface area (Å²) in [7, 11) is 0. The van der Waals surface area contributed by atoms with Crippen LogP contribution in [0.4, 0.5) is 5.69 Å². The minimum atomic E-state index is -0.412. The van der Waals surface area contributed by atoms with Crippen LogP contribution in [0.5, 0.6) is 5.75 Å². The first-order valence-corrected chi connectivity index (χ1v) is 10.2. The van der Waals surface area contributed by atoms with E-state index in [-0.39, 0.29) is 23.7 Å². The van der Waals surface area contributed by atoms with Gasteiger partial charge in [0.1, 0.15) is 11.4 Å². The predicted octanol–water partition coefficient (Wildman–Crippen LogP) is 4.53. The Morgan fingerprint density at radius 1 is 1.00 bits per heavy atom. The van der Waals surface area contributed by atoms with Crippen molar-refractivity contribution in [2.75, 3.05) is 11.9 Å². The number of imide groups is 1. The van der Waals surface area contributed by atoms with Gasteiger partial charge in [0.2, 0.25) is 0 Å². The van der Waals surface area contributed by atoms with Crippen LogP contribution in [-0.2, 0) is 16.1 Å². The summed E-state index contributed by atoms with van der Waals surface area (Å²) < 4.78 is 5.67. The number of ether oxygens (including phenoxy) is 1. The number of benzene rings is 2. The second kappa shape index (κ2) is 9.02. The molecular formula is C24H20ClN3O3. The first-order valence-electron chi connectivity index (χ1n) is 9.82. The van der Waals surface area contributed by atoms with E-state index >= 15 is 0 Å². The Balaban J connectivity index is 1.76. The van der Waals surface area contributed by atoms with E-state index in [0.29, 0.717) is 28.6 Å². The van der Waals surface area contributed by atoms with Crippen LogP contribution in [0.15, 0.2) is 78.8 Å². The number of nitrogens with zero attached hydrogens (tertiary/aromatic N) is 2. The van der Waals surface area contributed by atoms with Crippen LogP contribution in [-0.4, -0.2) is 28.3 Å². The molecule has 2 aromatic carbocycles. The van der Waals surface area contributed by atoms with Gasteiger partial charge in [-0.3, -0.25) is 19.5 Å². The van der Waals surface area contributed by atoms with Crippen molar-refractivity contribution in [3.8, 4) is 5.75 Å². The van der Waals surface area contributed by atoms with Crippen LogP contribution in [0.3, 0.4) is 0 Å². The van der Waals surface area contributed by atoms with E-state index in [4.69, 9.17) is 16.3 Å². The van der Waals surface area contributed by atoms with Crippen molar-refractivity contribution in [1.29, 1.82) is 0 Å². The lowest BCUT2D eigenvalue weighted by atomic mass is 10.0. The Labute approximate surface area is 185 Å². The van der Waals surface area contributed by atoms with Crippen LogP contribution in [0.1, 0.15) is 18.1 Å². The van der Waals surface area contributed by atoms with Gasteiger partial charge in [0.05, 0.1) is 24.4 Å². The number of anilines is 1. The number of pyridine rings is 1. The molecule has 0 atom stereocenters. The average Bonchev–Trinajstić information content (AvgIpc) is 3.01. The molecule has 1 aliphatic heterocycles. The minimum Gasteiger partial charge on any atom is -0.492 e. The summed E-state index contributed by atoms with van der Waals surface area (Å²) in [6.07, 6.45) is 3.28. The Morgan fingerprint density at radius 2 is 1.77 bits per heavy atom. The molecule has 2 heterocycles. The van der Waals surface area contributed by atoms with E-state index in [1.807, 2.05) is 31.2 Å². The number of carbonyl (C=O) groups excluding carboxylic acids is 2. The highest BCUT2D eigenvalue weighted by Gasteiger charge is 2.39. The smallest absolute Gasteiger partial charge is 0.278 e. The SMILES string of the molecule is CCOc1ccccc1NC1=C(c2ccc(Cl)cc2)C(=O)N(Cc2cccnc2)C1=O. The molecule has 1 N–H and O–H groups in total. The summed E-state index contributed by atoms with van der Waals surface area (Å²) >= 11 is 6.02. The second-order valence-corrected chi connectivity index (χ2v) is 7.31. The van der Waals surface area contributed by atoms with Gasteiger partial charge in [-0.1, -0.05) is 41.9 Å². The summed E-state index contributed by atoms with van der Waals surface area (Å²) in [6.45, 7) is 2.48. The summed E-state index contributed by atoms with van der Waals surface area (Å²) in [4.78, 5) is 32.0. The number of halogens is 1. The average molecular weight is 434 g/mol. The third-order valence-electron chi connectivity index (χ3n) is 4.81. The van der Waals surface area contributed by atoms with Crippen molar-refractivity contribution in [1.82, 2.24) is 9.88 Å². The van der Waals surface area contributed by atoms with E-state index in [0.717, 1.165) is 5.56 Å². The standard InChI is InChI=1S/C24H20ClN3O3/c1-2-31-20-8-4-3-7-19(20)27-22-21(17-9-11-18(25)12-10-17)23(29)28(24(22)30)15-16-6-5-13-26-14-16/h3-14,27H,2,15H2,1H3. The van der Waals surface area contributed by atoms with Gasteiger partial charge in [0.25, 0.3) is 11.8 Å². The molecule has 1 aromatic heterocycles. The molecule has 2 amide bonds. The van der Waals surface area contributed by atoms with Gasteiger partial charge < -0.3 is 10.1 Å². The quantitative estimate of drug-likeness (QED) is 0.554. The van der Waals surface area contributed by atoms with Gasteiger partial charge in [-0.25, -0.2) is 0 Å². The zero-order valence-electron chi connectivity index (χ0n) is 16.8. The number of hydrogen-bond donors (Lipinski definition) is 1. The maximum atomic E-state index is 13.3. The van der Waals surface area contributed by atoms with Gasteiger partial charge in [0.15, 0.2) is 0 Å². The lowest BCUT2D eigenvalue weighted by Crippen LogP contribution is -2.32. The minimum absolute atomic E-state index is 0.126. The van der Waals surface area contributed by atoms with Crippen molar-refractivity contribution in [3.05, 3.63) is 94.9 Å². The van der Waals surface area contributed by atoms with Crippen molar-refractivity contribution >= 4 is 34.7 Å². The Hall–Kier alpha value is -3.64. The van der Waals surface area contributed by atoms with Crippen molar-refractivity contribution in [2.24, 2.45) is 0 Å². The van der Waals surface area contributed by atoms with Gasteiger partial charge in [0, 0.05) is 17.4 Å². The predicted molar refractivity (Wildman–Crippen MR) is 119 cm³/mol. The molecule has 0 saturated heterocycles.